The third kappa shape index (κ3) is 3.43. The second kappa shape index (κ2) is 9.01. The lowest BCUT2D eigenvalue weighted by Gasteiger charge is -2.11. The number of hydrogen-bond acceptors (Lipinski definition) is 5. The van der Waals surface area contributed by atoms with E-state index in [1.165, 1.54) is 0 Å². The van der Waals surface area contributed by atoms with Crippen molar-refractivity contribution in [2.45, 2.75) is 0 Å². The molecule has 9 nitrogen and oxygen atoms in total. The highest BCUT2D eigenvalue weighted by Crippen LogP contribution is 2.33. The summed E-state index contributed by atoms with van der Waals surface area (Å²) in [4.78, 5) is 18.8. The number of imidazole rings is 4. The van der Waals surface area contributed by atoms with E-state index in [0.717, 1.165) is 56.0 Å². The standard InChI is InChI=1S/C36H22N8O/c1-3-15-29-27(13-1)41(35-39-33-31(43(29)35)17-7-19-37-33)23-9-5-11-25(21-23)45-26-12-6-10-24(22-26)42-28-14-2-4-16-30(28)44-32-18-8-20-38-34(32)40-36(42)44/h1-22H. The molecule has 6 aromatic heterocycles. The van der Waals surface area contributed by atoms with Gasteiger partial charge in [-0.15, -0.1) is 0 Å². The van der Waals surface area contributed by atoms with Gasteiger partial charge in [-0.2, -0.15) is 9.97 Å². The first-order chi connectivity index (χ1) is 22.3. The van der Waals surface area contributed by atoms with Crippen LogP contribution in [-0.2, 0) is 0 Å². The van der Waals surface area contributed by atoms with Gasteiger partial charge in [0.15, 0.2) is 11.3 Å². The summed E-state index contributed by atoms with van der Waals surface area (Å²) in [6.45, 7) is 0. The average molecular weight is 583 g/mol. The molecule has 0 radical (unpaired) electrons. The molecule has 0 saturated carbocycles. The zero-order valence-corrected chi connectivity index (χ0v) is 23.7. The Balaban J connectivity index is 1.09. The van der Waals surface area contributed by atoms with Gasteiger partial charge in [-0.05, 0) is 72.8 Å². The summed E-state index contributed by atoms with van der Waals surface area (Å²) in [6, 6.07) is 40.8. The first-order valence-electron chi connectivity index (χ1n) is 14.7. The molecule has 45 heavy (non-hydrogen) atoms. The summed E-state index contributed by atoms with van der Waals surface area (Å²) < 4.78 is 15.1. The minimum absolute atomic E-state index is 0.712. The van der Waals surface area contributed by atoms with Crippen LogP contribution in [0, 0.1) is 0 Å². The second-order valence-electron chi connectivity index (χ2n) is 10.9. The molecule has 0 bridgehead atoms. The molecule has 0 atom stereocenters. The van der Waals surface area contributed by atoms with Crippen molar-refractivity contribution in [2.24, 2.45) is 0 Å². The van der Waals surface area contributed by atoms with Gasteiger partial charge in [0.1, 0.15) is 11.5 Å². The largest absolute Gasteiger partial charge is 0.457 e. The highest BCUT2D eigenvalue weighted by molar-refractivity contribution is 5.92. The van der Waals surface area contributed by atoms with E-state index in [1.807, 2.05) is 72.8 Å². The van der Waals surface area contributed by atoms with Gasteiger partial charge in [0, 0.05) is 24.5 Å². The molecule has 10 rings (SSSR count). The van der Waals surface area contributed by atoms with Crippen LogP contribution in [0.25, 0.3) is 67.3 Å². The third-order valence-electron chi connectivity index (χ3n) is 8.34. The molecule has 0 aliphatic carbocycles. The van der Waals surface area contributed by atoms with Gasteiger partial charge in [0.25, 0.3) is 0 Å². The number of pyridine rings is 2. The molecule has 6 heterocycles. The monoisotopic (exact) mass is 582 g/mol. The zero-order valence-electron chi connectivity index (χ0n) is 23.7. The molecule has 212 valence electrons. The van der Waals surface area contributed by atoms with Crippen molar-refractivity contribution >= 4 is 55.9 Å². The van der Waals surface area contributed by atoms with Crippen molar-refractivity contribution < 1.29 is 4.74 Å². The predicted octanol–water partition coefficient (Wildman–Crippen LogP) is 7.76. The molecular formula is C36H22N8O. The van der Waals surface area contributed by atoms with Gasteiger partial charge < -0.3 is 4.74 Å². The maximum absolute atomic E-state index is 6.52. The van der Waals surface area contributed by atoms with Crippen molar-refractivity contribution in [1.82, 2.24) is 37.9 Å². The van der Waals surface area contributed by atoms with Gasteiger partial charge >= 0.3 is 0 Å². The lowest BCUT2D eigenvalue weighted by molar-refractivity contribution is 0.482. The Morgan fingerprint density at radius 2 is 0.867 bits per heavy atom. The summed E-state index contributed by atoms with van der Waals surface area (Å²) in [5.41, 5.74) is 9.49. The van der Waals surface area contributed by atoms with E-state index in [1.54, 1.807) is 12.4 Å². The van der Waals surface area contributed by atoms with Gasteiger partial charge in [-0.3, -0.25) is 17.9 Å². The normalized spacial score (nSPS) is 12.0. The van der Waals surface area contributed by atoms with Gasteiger partial charge in [-0.1, -0.05) is 36.4 Å². The SMILES string of the molecule is c1cc(Oc2cccc(-n3c4ccccc4n4c5cccnc5nc34)c2)cc(-n2c3ccccc3n3c4cccnc4nc23)c1. The van der Waals surface area contributed by atoms with Crippen molar-refractivity contribution in [1.29, 1.82) is 0 Å². The first kappa shape index (κ1) is 24.0. The van der Waals surface area contributed by atoms with E-state index in [2.05, 4.69) is 76.4 Å². The van der Waals surface area contributed by atoms with Crippen molar-refractivity contribution in [3.63, 3.8) is 0 Å². The Morgan fingerprint density at radius 3 is 1.36 bits per heavy atom. The number of nitrogens with zero attached hydrogens (tertiary/aromatic N) is 8. The van der Waals surface area contributed by atoms with E-state index in [4.69, 9.17) is 14.7 Å². The van der Waals surface area contributed by atoms with Gasteiger partial charge in [0.2, 0.25) is 11.6 Å². The molecule has 0 unspecified atom stereocenters. The van der Waals surface area contributed by atoms with Crippen molar-refractivity contribution in [3.8, 4) is 22.9 Å². The zero-order chi connectivity index (χ0) is 29.5. The maximum atomic E-state index is 6.52. The van der Waals surface area contributed by atoms with Crippen LogP contribution in [-0.4, -0.2) is 37.9 Å². The number of rotatable bonds is 4. The lowest BCUT2D eigenvalue weighted by atomic mass is 10.2. The van der Waals surface area contributed by atoms with E-state index >= 15 is 0 Å². The molecule has 0 spiro atoms. The topological polar surface area (TPSA) is 79.5 Å². The Hall–Kier alpha value is -6.48. The third-order valence-corrected chi connectivity index (χ3v) is 8.34. The highest BCUT2D eigenvalue weighted by atomic mass is 16.5. The minimum Gasteiger partial charge on any atom is -0.457 e. The van der Waals surface area contributed by atoms with Crippen LogP contribution in [0.3, 0.4) is 0 Å². The first-order valence-corrected chi connectivity index (χ1v) is 14.7. The summed E-state index contributed by atoms with van der Waals surface area (Å²) in [7, 11) is 0. The molecule has 0 aliphatic rings. The Labute approximate surface area is 254 Å². The van der Waals surface area contributed by atoms with Gasteiger partial charge in [-0.25, -0.2) is 9.97 Å². The average Bonchev–Trinajstić information content (AvgIpc) is 3.81. The molecule has 4 aromatic carbocycles. The number of hydrogen-bond donors (Lipinski definition) is 0. The predicted molar refractivity (Wildman–Crippen MR) is 175 cm³/mol. The summed E-state index contributed by atoms with van der Waals surface area (Å²) in [6.07, 6.45) is 3.55. The number of para-hydroxylation sites is 4. The summed E-state index contributed by atoms with van der Waals surface area (Å²) >= 11 is 0. The summed E-state index contributed by atoms with van der Waals surface area (Å²) in [5, 5.41) is 0. The van der Waals surface area contributed by atoms with Crippen LogP contribution in [0.1, 0.15) is 0 Å². The van der Waals surface area contributed by atoms with Crippen molar-refractivity contribution in [2.75, 3.05) is 0 Å². The van der Waals surface area contributed by atoms with Crippen LogP contribution in [0.2, 0.25) is 0 Å². The van der Waals surface area contributed by atoms with E-state index in [9.17, 15) is 0 Å². The molecule has 0 saturated heterocycles. The highest BCUT2D eigenvalue weighted by Gasteiger charge is 2.19. The maximum Gasteiger partial charge on any atom is 0.222 e. The fourth-order valence-electron chi connectivity index (χ4n) is 6.50. The fourth-order valence-corrected chi connectivity index (χ4v) is 6.50. The molecule has 10 aromatic rings. The lowest BCUT2D eigenvalue weighted by Crippen LogP contribution is -1.97. The van der Waals surface area contributed by atoms with E-state index in [-0.39, 0.29) is 0 Å². The molecule has 0 fully saturated rings. The number of fused-ring (bicyclic) bond motifs is 10. The molecule has 0 N–H and O–H groups in total. The van der Waals surface area contributed by atoms with Crippen LogP contribution in [0.5, 0.6) is 11.5 Å². The Bertz CT molecular complexity index is 2570. The van der Waals surface area contributed by atoms with Gasteiger partial charge in [0.05, 0.1) is 44.5 Å². The van der Waals surface area contributed by atoms with Crippen LogP contribution in [0.4, 0.5) is 0 Å². The quantitative estimate of drug-likeness (QED) is 0.212. The minimum atomic E-state index is 0.712. The Morgan fingerprint density at radius 1 is 0.422 bits per heavy atom. The molecular weight excluding hydrogens is 560 g/mol. The van der Waals surface area contributed by atoms with Crippen molar-refractivity contribution in [3.05, 3.63) is 134 Å². The molecule has 9 heteroatoms. The molecule has 0 amide bonds. The molecule has 0 aliphatic heterocycles. The summed E-state index contributed by atoms with van der Waals surface area (Å²) in [5.74, 6) is 3.03. The number of ether oxygens (including phenoxy) is 1. The smallest absolute Gasteiger partial charge is 0.222 e. The number of benzene rings is 4. The van der Waals surface area contributed by atoms with E-state index < -0.39 is 0 Å². The van der Waals surface area contributed by atoms with Crippen LogP contribution >= 0.6 is 0 Å². The van der Waals surface area contributed by atoms with Crippen LogP contribution in [0.15, 0.2) is 134 Å². The fraction of sp³-hybridized carbons (Fsp3) is 0. The van der Waals surface area contributed by atoms with E-state index in [0.29, 0.717) is 22.8 Å². The van der Waals surface area contributed by atoms with Crippen LogP contribution < -0.4 is 4.74 Å². The Kier molecular flexibility index (Phi) is 4.81. The number of aromatic nitrogens is 8. The second-order valence-corrected chi connectivity index (χ2v) is 10.9.